The van der Waals surface area contributed by atoms with E-state index in [0.717, 1.165) is 17.7 Å². The molecule has 0 aliphatic carbocycles. The molecule has 15 heavy (non-hydrogen) atoms. The van der Waals surface area contributed by atoms with Crippen molar-refractivity contribution in [3.05, 3.63) is 29.8 Å². The molecule has 0 aliphatic heterocycles. The van der Waals surface area contributed by atoms with Crippen molar-refractivity contribution in [2.45, 2.75) is 32.7 Å². The maximum atomic E-state index is 10.9. The van der Waals surface area contributed by atoms with Crippen molar-refractivity contribution in [2.75, 3.05) is 5.32 Å². The van der Waals surface area contributed by atoms with E-state index in [1.54, 1.807) is 0 Å². The SMILES string of the molecule is CCCC(Nc1cccc(C)c1)C(=O)O. The van der Waals surface area contributed by atoms with Crippen molar-refractivity contribution >= 4 is 11.7 Å². The van der Waals surface area contributed by atoms with Crippen molar-refractivity contribution in [3.8, 4) is 0 Å². The minimum Gasteiger partial charge on any atom is -0.480 e. The zero-order chi connectivity index (χ0) is 11.3. The van der Waals surface area contributed by atoms with Gasteiger partial charge in [0.25, 0.3) is 0 Å². The van der Waals surface area contributed by atoms with Gasteiger partial charge in [-0.15, -0.1) is 0 Å². The summed E-state index contributed by atoms with van der Waals surface area (Å²) in [5.41, 5.74) is 2.00. The second-order valence-electron chi connectivity index (χ2n) is 3.69. The lowest BCUT2D eigenvalue weighted by Gasteiger charge is -2.15. The van der Waals surface area contributed by atoms with Crippen LogP contribution in [-0.4, -0.2) is 17.1 Å². The Kier molecular flexibility index (Phi) is 4.16. The van der Waals surface area contributed by atoms with Crippen LogP contribution in [0.4, 0.5) is 5.69 Å². The standard InChI is InChI=1S/C12H17NO2/c1-3-5-11(12(14)15)13-10-7-4-6-9(2)8-10/h4,6-8,11,13H,3,5H2,1-2H3,(H,14,15). The maximum absolute atomic E-state index is 10.9. The number of hydrogen-bond acceptors (Lipinski definition) is 2. The van der Waals surface area contributed by atoms with Gasteiger partial charge in [-0.25, -0.2) is 4.79 Å². The Balaban J connectivity index is 2.69. The summed E-state index contributed by atoms with van der Waals surface area (Å²) < 4.78 is 0. The van der Waals surface area contributed by atoms with Gasteiger partial charge in [-0.1, -0.05) is 25.5 Å². The molecular weight excluding hydrogens is 190 g/mol. The van der Waals surface area contributed by atoms with E-state index in [9.17, 15) is 4.79 Å². The smallest absolute Gasteiger partial charge is 0.326 e. The summed E-state index contributed by atoms with van der Waals surface area (Å²) >= 11 is 0. The van der Waals surface area contributed by atoms with Gasteiger partial charge in [0.1, 0.15) is 6.04 Å². The maximum Gasteiger partial charge on any atom is 0.326 e. The molecule has 0 spiro atoms. The normalized spacial score (nSPS) is 12.1. The van der Waals surface area contributed by atoms with Crippen LogP contribution < -0.4 is 5.32 Å². The van der Waals surface area contributed by atoms with E-state index in [1.807, 2.05) is 38.1 Å². The first-order chi connectivity index (χ1) is 7.13. The van der Waals surface area contributed by atoms with Gasteiger partial charge < -0.3 is 10.4 Å². The summed E-state index contributed by atoms with van der Waals surface area (Å²) in [7, 11) is 0. The molecule has 0 saturated heterocycles. The zero-order valence-corrected chi connectivity index (χ0v) is 9.16. The van der Waals surface area contributed by atoms with Gasteiger partial charge in [0.2, 0.25) is 0 Å². The molecule has 0 amide bonds. The number of anilines is 1. The minimum absolute atomic E-state index is 0.489. The predicted octanol–water partition coefficient (Wildman–Crippen LogP) is 2.66. The van der Waals surface area contributed by atoms with Crippen molar-refractivity contribution in [1.82, 2.24) is 0 Å². The molecular formula is C12H17NO2. The fourth-order valence-electron chi connectivity index (χ4n) is 1.48. The molecule has 1 aromatic carbocycles. The van der Waals surface area contributed by atoms with Gasteiger partial charge in [0, 0.05) is 5.69 Å². The number of benzene rings is 1. The number of nitrogens with one attached hydrogen (secondary N) is 1. The lowest BCUT2D eigenvalue weighted by molar-refractivity contribution is -0.138. The first-order valence-electron chi connectivity index (χ1n) is 5.19. The summed E-state index contributed by atoms with van der Waals surface area (Å²) in [5, 5.41) is 12.0. The average Bonchev–Trinajstić information content (AvgIpc) is 2.17. The third-order valence-corrected chi connectivity index (χ3v) is 2.23. The molecule has 0 aliphatic rings. The highest BCUT2D eigenvalue weighted by Crippen LogP contribution is 2.12. The molecule has 3 heteroatoms. The number of hydrogen-bond donors (Lipinski definition) is 2. The van der Waals surface area contributed by atoms with E-state index in [-0.39, 0.29) is 0 Å². The van der Waals surface area contributed by atoms with Crippen LogP contribution in [-0.2, 0) is 4.79 Å². The number of aryl methyl sites for hydroxylation is 1. The van der Waals surface area contributed by atoms with Crippen molar-refractivity contribution < 1.29 is 9.90 Å². The fraction of sp³-hybridized carbons (Fsp3) is 0.417. The highest BCUT2D eigenvalue weighted by Gasteiger charge is 2.15. The first-order valence-corrected chi connectivity index (χ1v) is 5.19. The fourth-order valence-corrected chi connectivity index (χ4v) is 1.48. The molecule has 1 aromatic rings. The second-order valence-corrected chi connectivity index (χ2v) is 3.69. The molecule has 3 nitrogen and oxygen atoms in total. The number of carboxylic acid groups (broad SMARTS) is 1. The van der Waals surface area contributed by atoms with Gasteiger partial charge in [-0.05, 0) is 31.0 Å². The minimum atomic E-state index is -0.793. The zero-order valence-electron chi connectivity index (χ0n) is 9.16. The van der Waals surface area contributed by atoms with E-state index in [0.29, 0.717) is 6.42 Å². The van der Waals surface area contributed by atoms with E-state index in [4.69, 9.17) is 5.11 Å². The summed E-state index contributed by atoms with van der Waals surface area (Å²) in [4.78, 5) is 10.9. The molecule has 2 N–H and O–H groups in total. The summed E-state index contributed by atoms with van der Waals surface area (Å²) in [6, 6.07) is 7.25. The van der Waals surface area contributed by atoms with E-state index in [1.165, 1.54) is 0 Å². The molecule has 0 heterocycles. The van der Waals surface area contributed by atoms with Gasteiger partial charge in [0.05, 0.1) is 0 Å². The number of aliphatic carboxylic acids is 1. The Hall–Kier alpha value is -1.51. The molecule has 0 saturated carbocycles. The van der Waals surface area contributed by atoms with Crippen LogP contribution in [0.25, 0.3) is 0 Å². The molecule has 1 rings (SSSR count). The Labute approximate surface area is 90.1 Å². The van der Waals surface area contributed by atoms with Crippen molar-refractivity contribution in [2.24, 2.45) is 0 Å². The predicted molar refractivity (Wildman–Crippen MR) is 61.1 cm³/mol. The van der Waals surface area contributed by atoms with Crippen molar-refractivity contribution in [3.63, 3.8) is 0 Å². The molecule has 0 fully saturated rings. The molecule has 1 atom stereocenters. The largest absolute Gasteiger partial charge is 0.480 e. The van der Waals surface area contributed by atoms with Gasteiger partial charge in [0.15, 0.2) is 0 Å². The third kappa shape index (κ3) is 3.62. The van der Waals surface area contributed by atoms with Crippen LogP contribution in [0.2, 0.25) is 0 Å². The molecule has 0 radical (unpaired) electrons. The lowest BCUT2D eigenvalue weighted by atomic mass is 10.1. The summed E-state index contributed by atoms with van der Waals surface area (Å²) in [6.45, 7) is 3.97. The van der Waals surface area contributed by atoms with Crippen molar-refractivity contribution in [1.29, 1.82) is 0 Å². The van der Waals surface area contributed by atoms with Crippen LogP contribution in [0.3, 0.4) is 0 Å². The van der Waals surface area contributed by atoms with Crippen LogP contribution in [0.15, 0.2) is 24.3 Å². The topological polar surface area (TPSA) is 49.3 Å². The van der Waals surface area contributed by atoms with Crippen LogP contribution >= 0.6 is 0 Å². The molecule has 0 bridgehead atoms. The lowest BCUT2D eigenvalue weighted by Crippen LogP contribution is -2.28. The van der Waals surface area contributed by atoms with Crippen LogP contribution in [0.5, 0.6) is 0 Å². The van der Waals surface area contributed by atoms with E-state index in [2.05, 4.69) is 5.32 Å². The number of rotatable bonds is 5. The monoisotopic (exact) mass is 207 g/mol. The Bertz CT molecular complexity index is 336. The second kappa shape index (κ2) is 5.39. The van der Waals surface area contributed by atoms with E-state index < -0.39 is 12.0 Å². The number of carbonyl (C=O) groups is 1. The molecule has 0 aromatic heterocycles. The van der Waals surface area contributed by atoms with Gasteiger partial charge >= 0.3 is 5.97 Å². The summed E-state index contributed by atoms with van der Waals surface area (Å²) in [6.07, 6.45) is 1.50. The van der Waals surface area contributed by atoms with Gasteiger partial charge in [-0.3, -0.25) is 0 Å². The highest BCUT2D eigenvalue weighted by atomic mass is 16.4. The highest BCUT2D eigenvalue weighted by molar-refractivity contribution is 5.77. The van der Waals surface area contributed by atoms with Crippen LogP contribution in [0.1, 0.15) is 25.3 Å². The Morgan fingerprint density at radius 3 is 2.80 bits per heavy atom. The Morgan fingerprint density at radius 2 is 2.27 bits per heavy atom. The van der Waals surface area contributed by atoms with E-state index >= 15 is 0 Å². The third-order valence-electron chi connectivity index (χ3n) is 2.23. The summed E-state index contributed by atoms with van der Waals surface area (Å²) in [5.74, 6) is -0.793. The first kappa shape index (κ1) is 11.6. The molecule has 82 valence electrons. The Morgan fingerprint density at radius 1 is 1.53 bits per heavy atom. The number of carboxylic acids is 1. The average molecular weight is 207 g/mol. The van der Waals surface area contributed by atoms with Gasteiger partial charge in [-0.2, -0.15) is 0 Å². The molecule has 1 unspecified atom stereocenters. The van der Waals surface area contributed by atoms with Crippen LogP contribution in [0, 0.1) is 6.92 Å². The quantitative estimate of drug-likeness (QED) is 0.780.